The van der Waals surface area contributed by atoms with E-state index in [1.54, 1.807) is 7.11 Å². The van der Waals surface area contributed by atoms with Crippen molar-refractivity contribution in [3.05, 3.63) is 29.8 Å². The summed E-state index contributed by atoms with van der Waals surface area (Å²) < 4.78 is 5.46. The fraction of sp³-hybridized carbons (Fsp3) is 0.667. The average molecular weight is 490 g/mol. The molecule has 0 heterocycles. The Balaban J connectivity index is 0.00000676. The van der Waals surface area contributed by atoms with Gasteiger partial charge in [0.15, 0.2) is 5.96 Å². The Morgan fingerprint density at radius 3 is 2.26 bits per heavy atom. The van der Waals surface area contributed by atoms with Gasteiger partial charge in [-0.15, -0.1) is 24.0 Å². The minimum Gasteiger partial charge on any atom is -0.496 e. The molecule has 1 unspecified atom stereocenters. The summed E-state index contributed by atoms with van der Waals surface area (Å²) in [6.07, 6.45) is 1.10. The van der Waals surface area contributed by atoms with Crippen LogP contribution in [-0.4, -0.2) is 56.7 Å². The Morgan fingerprint density at radius 2 is 1.70 bits per heavy atom. The van der Waals surface area contributed by atoms with Crippen LogP contribution in [-0.2, 0) is 0 Å². The van der Waals surface area contributed by atoms with Crippen molar-refractivity contribution >= 4 is 29.9 Å². The zero-order valence-electron chi connectivity index (χ0n) is 18.1. The van der Waals surface area contributed by atoms with Crippen LogP contribution >= 0.6 is 24.0 Å². The number of nitrogens with one attached hydrogen (secondary N) is 2. The molecule has 2 N–H and O–H groups in total. The van der Waals surface area contributed by atoms with Crippen molar-refractivity contribution in [2.45, 2.75) is 59.0 Å². The van der Waals surface area contributed by atoms with E-state index in [0.29, 0.717) is 18.0 Å². The van der Waals surface area contributed by atoms with Crippen LogP contribution in [0.5, 0.6) is 5.75 Å². The van der Waals surface area contributed by atoms with Crippen molar-refractivity contribution < 1.29 is 4.74 Å². The lowest BCUT2D eigenvalue weighted by Gasteiger charge is -2.30. The first-order chi connectivity index (χ1) is 12.4. The van der Waals surface area contributed by atoms with Gasteiger partial charge < -0.3 is 15.4 Å². The molecule has 156 valence electrons. The fourth-order valence-corrected chi connectivity index (χ4v) is 3.23. The standard InChI is InChI=1S/C21H38N4O.HI/c1-16(2)25(17(3)4)14-10-13-23-21(22-6)24-15-18(5)19-11-8-9-12-20(19)26-7;/h8-9,11-12,16-18H,10,13-15H2,1-7H3,(H2,22,23,24);1H. The zero-order chi connectivity index (χ0) is 19.5. The number of benzene rings is 1. The normalized spacial score (nSPS) is 12.9. The van der Waals surface area contributed by atoms with E-state index in [4.69, 9.17) is 4.74 Å². The summed E-state index contributed by atoms with van der Waals surface area (Å²) in [5.41, 5.74) is 1.21. The Morgan fingerprint density at radius 1 is 1.07 bits per heavy atom. The van der Waals surface area contributed by atoms with Crippen molar-refractivity contribution in [3.8, 4) is 5.75 Å². The number of aliphatic imine (C=N–C) groups is 1. The minimum atomic E-state index is 0. The first kappa shape index (κ1) is 26.0. The van der Waals surface area contributed by atoms with Gasteiger partial charge >= 0.3 is 0 Å². The molecule has 0 aromatic heterocycles. The summed E-state index contributed by atoms with van der Waals surface area (Å²) in [6.45, 7) is 14.0. The quantitative estimate of drug-likeness (QED) is 0.225. The highest BCUT2D eigenvalue weighted by Crippen LogP contribution is 2.25. The van der Waals surface area contributed by atoms with Crippen LogP contribution in [0.4, 0.5) is 0 Å². The molecule has 0 bridgehead atoms. The third-order valence-electron chi connectivity index (χ3n) is 4.68. The van der Waals surface area contributed by atoms with Crippen LogP contribution in [0.2, 0.25) is 0 Å². The molecule has 0 amide bonds. The van der Waals surface area contributed by atoms with Gasteiger partial charge in [0, 0.05) is 44.7 Å². The highest BCUT2D eigenvalue weighted by Gasteiger charge is 2.13. The molecule has 1 aromatic rings. The van der Waals surface area contributed by atoms with Gasteiger partial charge in [0.1, 0.15) is 5.75 Å². The molecule has 6 heteroatoms. The molecule has 0 aliphatic rings. The molecule has 0 radical (unpaired) electrons. The van der Waals surface area contributed by atoms with E-state index in [2.05, 4.69) is 67.3 Å². The van der Waals surface area contributed by atoms with Gasteiger partial charge in [-0.1, -0.05) is 25.1 Å². The number of hydrogen-bond donors (Lipinski definition) is 2. The van der Waals surface area contributed by atoms with Crippen LogP contribution in [0.1, 0.15) is 52.5 Å². The molecule has 1 aromatic carbocycles. The zero-order valence-corrected chi connectivity index (χ0v) is 20.4. The van der Waals surface area contributed by atoms with E-state index in [1.807, 2.05) is 19.2 Å². The lowest BCUT2D eigenvalue weighted by Crippen LogP contribution is -2.42. The number of halogens is 1. The SMILES string of the molecule is CN=C(NCCCN(C(C)C)C(C)C)NCC(C)c1ccccc1OC.I. The summed E-state index contributed by atoms with van der Waals surface area (Å²) in [6, 6.07) is 9.34. The summed E-state index contributed by atoms with van der Waals surface area (Å²) in [5, 5.41) is 6.84. The van der Waals surface area contributed by atoms with Gasteiger partial charge in [-0.05, 0) is 45.7 Å². The van der Waals surface area contributed by atoms with Crippen molar-refractivity contribution in [2.75, 3.05) is 33.8 Å². The van der Waals surface area contributed by atoms with Gasteiger partial charge in [-0.3, -0.25) is 9.89 Å². The molecule has 27 heavy (non-hydrogen) atoms. The first-order valence-corrected chi connectivity index (χ1v) is 9.73. The molecule has 1 rings (SSSR count). The maximum absolute atomic E-state index is 5.46. The Bertz CT molecular complexity index is 541. The first-order valence-electron chi connectivity index (χ1n) is 9.73. The molecule has 0 aliphatic carbocycles. The summed E-state index contributed by atoms with van der Waals surface area (Å²) in [5.74, 6) is 2.13. The maximum Gasteiger partial charge on any atom is 0.190 e. The maximum atomic E-state index is 5.46. The lowest BCUT2D eigenvalue weighted by molar-refractivity contribution is 0.173. The van der Waals surface area contributed by atoms with E-state index in [0.717, 1.165) is 37.8 Å². The highest BCUT2D eigenvalue weighted by atomic mass is 127. The molecule has 1 atom stereocenters. The lowest BCUT2D eigenvalue weighted by atomic mass is 10.0. The van der Waals surface area contributed by atoms with E-state index in [9.17, 15) is 0 Å². The molecular formula is C21H39IN4O. The molecule has 0 saturated heterocycles. The van der Waals surface area contributed by atoms with Gasteiger partial charge in [-0.25, -0.2) is 0 Å². The number of methoxy groups -OCH3 is 1. The van der Waals surface area contributed by atoms with E-state index >= 15 is 0 Å². The Hall–Kier alpha value is -1.02. The van der Waals surface area contributed by atoms with Crippen molar-refractivity contribution in [1.82, 2.24) is 15.5 Å². The van der Waals surface area contributed by atoms with Gasteiger partial charge in [0.05, 0.1) is 7.11 Å². The smallest absolute Gasteiger partial charge is 0.190 e. The van der Waals surface area contributed by atoms with Crippen molar-refractivity contribution in [1.29, 1.82) is 0 Å². The Kier molecular flexibility index (Phi) is 13.5. The number of para-hydroxylation sites is 1. The summed E-state index contributed by atoms with van der Waals surface area (Å²) in [4.78, 5) is 6.85. The molecule has 0 saturated carbocycles. The molecule has 5 nitrogen and oxygen atoms in total. The highest BCUT2D eigenvalue weighted by molar-refractivity contribution is 14.0. The topological polar surface area (TPSA) is 48.9 Å². The van der Waals surface area contributed by atoms with Gasteiger partial charge in [0.2, 0.25) is 0 Å². The number of nitrogens with zero attached hydrogens (tertiary/aromatic N) is 2. The van der Waals surface area contributed by atoms with E-state index in [1.165, 1.54) is 5.56 Å². The van der Waals surface area contributed by atoms with Gasteiger partial charge in [-0.2, -0.15) is 0 Å². The van der Waals surface area contributed by atoms with Crippen LogP contribution in [0.25, 0.3) is 0 Å². The van der Waals surface area contributed by atoms with Crippen LogP contribution < -0.4 is 15.4 Å². The van der Waals surface area contributed by atoms with Gasteiger partial charge in [0.25, 0.3) is 0 Å². The average Bonchev–Trinajstić information content (AvgIpc) is 2.62. The monoisotopic (exact) mass is 490 g/mol. The molecule has 0 aliphatic heterocycles. The van der Waals surface area contributed by atoms with Crippen LogP contribution in [0.3, 0.4) is 0 Å². The van der Waals surface area contributed by atoms with Crippen LogP contribution in [0.15, 0.2) is 29.3 Å². The number of hydrogen-bond acceptors (Lipinski definition) is 3. The number of ether oxygens (including phenoxy) is 1. The largest absolute Gasteiger partial charge is 0.496 e. The minimum absolute atomic E-state index is 0. The predicted molar refractivity (Wildman–Crippen MR) is 128 cm³/mol. The predicted octanol–water partition coefficient (Wildman–Crippen LogP) is 4.09. The number of guanidine groups is 1. The van der Waals surface area contributed by atoms with E-state index in [-0.39, 0.29) is 24.0 Å². The molecule has 0 spiro atoms. The van der Waals surface area contributed by atoms with E-state index < -0.39 is 0 Å². The summed E-state index contributed by atoms with van der Waals surface area (Å²) in [7, 11) is 3.54. The third kappa shape index (κ3) is 9.14. The fourth-order valence-electron chi connectivity index (χ4n) is 3.23. The molecular weight excluding hydrogens is 451 g/mol. The number of rotatable bonds is 10. The second-order valence-electron chi connectivity index (χ2n) is 7.30. The molecule has 0 fully saturated rings. The summed E-state index contributed by atoms with van der Waals surface area (Å²) >= 11 is 0. The Labute approximate surface area is 183 Å². The van der Waals surface area contributed by atoms with Crippen LogP contribution in [0, 0.1) is 0 Å². The second-order valence-corrected chi connectivity index (χ2v) is 7.30. The second kappa shape index (κ2) is 14.0. The third-order valence-corrected chi connectivity index (χ3v) is 4.68. The van der Waals surface area contributed by atoms with Crippen molar-refractivity contribution in [3.63, 3.8) is 0 Å². The van der Waals surface area contributed by atoms with Crippen molar-refractivity contribution in [2.24, 2.45) is 4.99 Å².